The molecule has 0 saturated carbocycles. The fourth-order valence-corrected chi connectivity index (χ4v) is 2.44. The lowest BCUT2D eigenvalue weighted by molar-refractivity contribution is -0.0158. The summed E-state index contributed by atoms with van der Waals surface area (Å²) in [4.78, 5) is 0. The van der Waals surface area contributed by atoms with Crippen LogP contribution in [0.15, 0.2) is 18.2 Å². The van der Waals surface area contributed by atoms with Crippen molar-refractivity contribution in [3.05, 3.63) is 35.1 Å². The Kier molecular flexibility index (Phi) is 3.79. The molecule has 17 heavy (non-hydrogen) atoms. The van der Waals surface area contributed by atoms with E-state index in [2.05, 4.69) is 6.92 Å². The Morgan fingerprint density at radius 3 is 2.88 bits per heavy atom. The summed E-state index contributed by atoms with van der Waals surface area (Å²) in [6.45, 7) is 4.69. The number of halogens is 1. The third kappa shape index (κ3) is 2.85. The third-order valence-electron chi connectivity index (χ3n) is 3.56. The van der Waals surface area contributed by atoms with Crippen LogP contribution in [0.5, 0.6) is 0 Å². The van der Waals surface area contributed by atoms with Crippen LogP contribution in [-0.4, -0.2) is 23.9 Å². The molecule has 1 heterocycles. The molecule has 2 nitrogen and oxygen atoms in total. The minimum absolute atomic E-state index is 0.0838. The van der Waals surface area contributed by atoms with Crippen molar-refractivity contribution in [1.29, 1.82) is 0 Å². The molecule has 0 radical (unpaired) electrons. The number of ether oxygens (including phenoxy) is 1. The highest BCUT2D eigenvalue weighted by Gasteiger charge is 2.30. The number of hydrogen-bond donors (Lipinski definition) is 1. The van der Waals surface area contributed by atoms with Crippen LogP contribution in [0.2, 0.25) is 0 Å². The van der Waals surface area contributed by atoms with Crippen molar-refractivity contribution >= 4 is 0 Å². The van der Waals surface area contributed by atoms with Crippen LogP contribution in [0.25, 0.3) is 0 Å². The van der Waals surface area contributed by atoms with Gasteiger partial charge in [-0.15, -0.1) is 0 Å². The second-order valence-corrected chi connectivity index (χ2v) is 4.94. The van der Waals surface area contributed by atoms with E-state index in [1.54, 1.807) is 6.07 Å². The molecule has 0 amide bonds. The first-order valence-corrected chi connectivity index (χ1v) is 6.12. The Morgan fingerprint density at radius 1 is 1.53 bits per heavy atom. The monoisotopic (exact) mass is 238 g/mol. The SMILES string of the molecule is Cc1cc(F)ccc1CC(O)C1OCCC1C. The van der Waals surface area contributed by atoms with Gasteiger partial charge in [-0.25, -0.2) is 4.39 Å². The molecule has 0 aliphatic carbocycles. The Morgan fingerprint density at radius 2 is 2.29 bits per heavy atom. The predicted octanol–water partition coefficient (Wildman–Crippen LogP) is 2.46. The van der Waals surface area contributed by atoms with Crippen molar-refractivity contribution < 1.29 is 14.2 Å². The smallest absolute Gasteiger partial charge is 0.123 e. The molecule has 1 aliphatic heterocycles. The molecule has 0 spiro atoms. The molecule has 0 aromatic heterocycles. The zero-order valence-electron chi connectivity index (χ0n) is 10.3. The molecule has 3 atom stereocenters. The van der Waals surface area contributed by atoms with E-state index >= 15 is 0 Å². The van der Waals surface area contributed by atoms with Gasteiger partial charge in [0.2, 0.25) is 0 Å². The second-order valence-electron chi connectivity index (χ2n) is 4.94. The van der Waals surface area contributed by atoms with E-state index in [4.69, 9.17) is 4.74 Å². The van der Waals surface area contributed by atoms with Crippen molar-refractivity contribution in [2.75, 3.05) is 6.61 Å². The Bertz CT molecular complexity index is 392. The number of benzene rings is 1. The van der Waals surface area contributed by atoms with Gasteiger partial charge in [0.25, 0.3) is 0 Å². The van der Waals surface area contributed by atoms with E-state index in [0.29, 0.717) is 12.3 Å². The fraction of sp³-hybridized carbons (Fsp3) is 0.571. The van der Waals surface area contributed by atoms with Crippen molar-refractivity contribution in [2.24, 2.45) is 5.92 Å². The van der Waals surface area contributed by atoms with Gasteiger partial charge in [-0.2, -0.15) is 0 Å². The van der Waals surface area contributed by atoms with Gasteiger partial charge < -0.3 is 9.84 Å². The summed E-state index contributed by atoms with van der Waals surface area (Å²) in [5.41, 5.74) is 1.87. The van der Waals surface area contributed by atoms with Gasteiger partial charge in [0, 0.05) is 13.0 Å². The number of aliphatic hydroxyl groups excluding tert-OH is 1. The van der Waals surface area contributed by atoms with E-state index in [9.17, 15) is 9.50 Å². The molecule has 0 bridgehead atoms. The zero-order chi connectivity index (χ0) is 12.4. The van der Waals surface area contributed by atoms with Crippen LogP contribution in [0.1, 0.15) is 24.5 Å². The topological polar surface area (TPSA) is 29.5 Å². The fourth-order valence-electron chi connectivity index (χ4n) is 2.44. The molecule has 2 rings (SSSR count). The number of rotatable bonds is 3. The van der Waals surface area contributed by atoms with Crippen molar-refractivity contribution in [2.45, 2.75) is 38.9 Å². The summed E-state index contributed by atoms with van der Waals surface area (Å²) in [5, 5.41) is 10.1. The molecule has 3 unspecified atom stereocenters. The lowest BCUT2D eigenvalue weighted by atomic mass is 9.93. The predicted molar refractivity (Wildman–Crippen MR) is 64.4 cm³/mol. The summed E-state index contributed by atoms with van der Waals surface area (Å²) in [7, 11) is 0. The molecule has 1 aromatic carbocycles. The molecular weight excluding hydrogens is 219 g/mol. The van der Waals surface area contributed by atoms with Gasteiger partial charge in [-0.05, 0) is 42.5 Å². The van der Waals surface area contributed by atoms with Crippen LogP contribution in [0.4, 0.5) is 4.39 Å². The Balaban J connectivity index is 2.04. The maximum absolute atomic E-state index is 13.0. The van der Waals surface area contributed by atoms with Crippen molar-refractivity contribution in [1.82, 2.24) is 0 Å². The Labute approximate surface area is 101 Å². The zero-order valence-corrected chi connectivity index (χ0v) is 10.3. The minimum atomic E-state index is -0.503. The summed E-state index contributed by atoms with van der Waals surface area (Å²) >= 11 is 0. The van der Waals surface area contributed by atoms with Crippen LogP contribution in [0.3, 0.4) is 0 Å². The minimum Gasteiger partial charge on any atom is -0.390 e. The number of hydrogen-bond acceptors (Lipinski definition) is 2. The number of aryl methyl sites for hydroxylation is 1. The maximum Gasteiger partial charge on any atom is 0.123 e. The summed E-state index contributed by atoms with van der Waals surface area (Å²) in [6, 6.07) is 4.68. The molecule has 94 valence electrons. The average molecular weight is 238 g/mol. The van der Waals surface area contributed by atoms with Crippen LogP contribution in [0, 0.1) is 18.7 Å². The largest absolute Gasteiger partial charge is 0.390 e. The van der Waals surface area contributed by atoms with Crippen LogP contribution < -0.4 is 0 Å². The normalized spacial score (nSPS) is 26.1. The third-order valence-corrected chi connectivity index (χ3v) is 3.56. The van der Waals surface area contributed by atoms with E-state index in [-0.39, 0.29) is 11.9 Å². The summed E-state index contributed by atoms with van der Waals surface area (Å²) in [6.07, 6.45) is 0.946. The Hall–Kier alpha value is -0.930. The molecule has 1 N–H and O–H groups in total. The van der Waals surface area contributed by atoms with E-state index in [1.165, 1.54) is 12.1 Å². The quantitative estimate of drug-likeness (QED) is 0.876. The van der Waals surface area contributed by atoms with Gasteiger partial charge >= 0.3 is 0 Å². The van der Waals surface area contributed by atoms with E-state index < -0.39 is 6.10 Å². The van der Waals surface area contributed by atoms with Crippen LogP contribution in [-0.2, 0) is 11.2 Å². The molecule has 1 fully saturated rings. The van der Waals surface area contributed by atoms with Gasteiger partial charge in [0.05, 0.1) is 12.2 Å². The molecule has 1 aromatic rings. The van der Waals surface area contributed by atoms with E-state index in [1.807, 2.05) is 6.92 Å². The summed E-state index contributed by atoms with van der Waals surface area (Å²) in [5.74, 6) is 0.164. The lowest BCUT2D eigenvalue weighted by Gasteiger charge is -2.22. The highest BCUT2D eigenvalue weighted by Crippen LogP contribution is 2.25. The maximum atomic E-state index is 13.0. The molecule has 1 saturated heterocycles. The van der Waals surface area contributed by atoms with Gasteiger partial charge in [0.15, 0.2) is 0 Å². The molecule has 3 heteroatoms. The van der Waals surface area contributed by atoms with Gasteiger partial charge in [0.1, 0.15) is 5.82 Å². The van der Waals surface area contributed by atoms with Gasteiger partial charge in [-0.3, -0.25) is 0 Å². The highest BCUT2D eigenvalue weighted by molar-refractivity contribution is 5.27. The van der Waals surface area contributed by atoms with Crippen LogP contribution >= 0.6 is 0 Å². The first-order chi connectivity index (χ1) is 8.08. The highest BCUT2D eigenvalue weighted by atomic mass is 19.1. The van der Waals surface area contributed by atoms with E-state index in [0.717, 1.165) is 24.2 Å². The molecule has 1 aliphatic rings. The van der Waals surface area contributed by atoms with Crippen molar-refractivity contribution in [3.63, 3.8) is 0 Å². The average Bonchev–Trinajstić information content (AvgIpc) is 2.68. The first kappa shape index (κ1) is 12.5. The summed E-state index contributed by atoms with van der Waals surface area (Å²) < 4.78 is 18.5. The first-order valence-electron chi connectivity index (χ1n) is 6.12. The lowest BCUT2D eigenvalue weighted by Crippen LogP contribution is -2.32. The molecular formula is C14H19FO2. The van der Waals surface area contributed by atoms with Gasteiger partial charge in [-0.1, -0.05) is 13.0 Å². The standard InChI is InChI=1S/C14H19FO2/c1-9-5-6-17-14(9)13(16)8-11-3-4-12(15)7-10(11)2/h3-4,7,9,13-14,16H,5-6,8H2,1-2H3. The van der Waals surface area contributed by atoms with Crippen molar-refractivity contribution in [3.8, 4) is 0 Å². The second kappa shape index (κ2) is 5.15. The number of aliphatic hydroxyl groups is 1.